The minimum absolute atomic E-state index is 0.267. The number of hydrogen-bond acceptors (Lipinski definition) is 4. The number of anilines is 1. The second-order valence-electron chi connectivity index (χ2n) is 3.78. The van der Waals surface area contributed by atoms with Crippen molar-refractivity contribution < 1.29 is 9.59 Å². The molecule has 0 aromatic carbocycles. The summed E-state index contributed by atoms with van der Waals surface area (Å²) < 4.78 is 1.43. The van der Waals surface area contributed by atoms with E-state index >= 15 is 0 Å². The van der Waals surface area contributed by atoms with Crippen LogP contribution in [0.5, 0.6) is 0 Å². The first-order valence-corrected chi connectivity index (χ1v) is 4.87. The molecule has 0 radical (unpaired) electrons. The largest absolute Gasteiger partial charge is 0.268 e. The van der Waals surface area contributed by atoms with Crippen LogP contribution in [0.4, 0.5) is 5.95 Å². The third-order valence-electron chi connectivity index (χ3n) is 2.66. The summed E-state index contributed by atoms with van der Waals surface area (Å²) in [7, 11) is 1.65. The van der Waals surface area contributed by atoms with Gasteiger partial charge in [0.15, 0.2) is 0 Å². The molecule has 6 nitrogen and oxygen atoms in total. The molecule has 0 unspecified atom stereocenters. The summed E-state index contributed by atoms with van der Waals surface area (Å²) in [6, 6.07) is 0. The molecule has 0 saturated carbocycles. The third-order valence-corrected chi connectivity index (χ3v) is 2.66. The highest BCUT2D eigenvalue weighted by molar-refractivity contribution is 6.31. The molecular weight excluding hydrogens is 208 g/mol. The summed E-state index contributed by atoms with van der Waals surface area (Å²) >= 11 is 0. The van der Waals surface area contributed by atoms with Crippen LogP contribution in [0.25, 0.3) is 0 Å². The van der Waals surface area contributed by atoms with E-state index in [1.54, 1.807) is 27.8 Å². The highest BCUT2D eigenvalue weighted by atomic mass is 16.2. The molecule has 1 aromatic rings. The summed E-state index contributed by atoms with van der Waals surface area (Å²) in [5.41, 5.74) is 0.927. The number of amides is 2. The molecule has 1 aromatic heterocycles. The van der Waals surface area contributed by atoms with E-state index in [-0.39, 0.29) is 17.8 Å². The van der Waals surface area contributed by atoms with E-state index in [9.17, 15) is 9.59 Å². The summed E-state index contributed by atoms with van der Waals surface area (Å²) in [6.07, 6.45) is 0. The Morgan fingerprint density at radius 1 is 1.00 bits per heavy atom. The zero-order valence-electron chi connectivity index (χ0n) is 9.61. The molecule has 0 saturated heterocycles. The van der Waals surface area contributed by atoms with Gasteiger partial charge in [0, 0.05) is 18.2 Å². The number of imide groups is 1. The SMILES string of the molecule is CC1=C(C)C(=O)N(c2nc(C)nn2C)C1=O. The number of aryl methyl sites for hydroxylation is 2. The highest BCUT2D eigenvalue weighted by Gasteiger charge is 2.37. The second kappa shape index (κ2) is 3.26. The Bertz CT molecular complexity index is 503. The average Bonchev–Trinajstić information content (AvgIpc) is 2.63. The van der Waals surface area contributed by atoms with Gasteiger partial charge in [0.1, 0.15) is 5.82 Å². The van der Waals surface area contributed by atoms with E-state index in [1.807, 2.05) is 0 Å². The zero-order valence-corrected chi connectivity index (χ0v) is 9.61. The van der Waals surface area contributed by atoms with Crippen molar-refractivity contribution in [3.05, 3.63) is 17.0 Å². The fraction of sp³-hybridized carbons (Fsp3) is 0.400. The molecule has 2 heterocycles. The summed E-state index contributed by atoms with van der Waals surface area (Å²) in [5.74, 6) is 0.153. The van der Waals surface area contributed by atoms with Crippen LogP contribution >= 0.6 is 0 Å². The van der Waals surface area contributed by atoms with Gasteiger partial charge in [-0.05, 0) is 20.8 Å². The van der Waals surface area contributed by atoms with E-state index in [2.05, 4.69) is 10.1 Å². The van der Waals surface area contributed by atoms with Gasteiger partial charge >= 0.3 is 0 Å². The lowest BCUT2D eigenvalue weighted by Crippen LogP contribution is -2.33. The van der Waals surface area contributed by atoms with Crippen LogP contribution in [0.15, 0.2) is 11.1 Å². The van der Waals surface area contributed by atoms with Gasteiger partial charge in [-0.2, -0.15) is 10.1 Å². The van der Waals surface area contributed by atoms with Crippen LogP contribution in [0, 0.1) is 6.92 Å². The van der Waals surface area contributed by atoms with E-state index in [1.165, 1.54) is 4.68 Å². The lowest BCUT2D eigenvalue weighted by atomic mass is 10.2. The highest BCUT2D eigenvalue weighted by Crippen LogP contribution is 2.24. The van der Waals surface area contributed by atoms with Crippen molar-refractivity contribution in [3.8, 4) is 0 Å². The van der Waals surface area contributed by atoms with E-state index in [4.69, 9.17) is 0 Å². The summed E-state index contributed by atoms with van der Waals surface area (Å²) in [5, 5.41) is 4.02. The predicted octanol–water partition coefficient (Wildman–Crippen LogP) is 0.333. The Hall–Kier alpha value is -1.98. The third kappa shape index (κ3) is 1.26. The van der Waals surface area contributed by atoms with Crippen LogP contribution in [0.3, 0.4) is 0 Å². The maximum absolute atomic E-state index is 11.9. The van der Waals surface area contributed by atoms with Crippen LogP contribution in [-0.2, 0) is 16.6 Å². The van der Waals surface area contributed by atoms with Crippen molar-refractivity contribution in [1.29, 1.82) is 0 Å². The maximum Gasteiger partial charge on any atom is 0.263 e. The molecule has 84 valence electrons. The first-order valence-electron chi connectivity index (χ1n) is 4.87. The van der Waals surface area contributed by atoms with Gasteiger partial charge in [-0.15, -0.1) is 0 Å². The van der Waals surface area contributed by atoms with Gasteiger partial charge in [-0.1, -0.05) is 0 Å². The number of nitrogens with zero attached hydrogens (tertiary/aromatic N) is 4. The van der Waals surface area contributed by atoms with Crippen LogP contribution in [-0.4, -0.2) is 26.6 Å². The molecule has 0 aliphatic carbocycles. The van der Waals surface area contributed by atoms with Gasteiger partial charge in [0.25, 0.3) is 11.8 Å². The minimum Gasteiger partial charge on any atom is -0.268 e. The first-order chi connectivity index (χ1) is 7.43. The first kappa shape index (κ1) is 10.5. The van der Waals surface area contributed by atoms with E-state index in [0.29, 0.717) is 17.0 Å². The van der Waals surface area contributed by atoms with Crippen LogP contribution < -0.4 is 4.90 Å². The number of carbonyl (C=O) groups excluding carboxylic acids is 2. The van der Waals surface area contributed by atoms with E-state index < -0.39 is 0 Å². The van der Waals surface area contributed by atoms with Crippen LogP contribution in [0.2, 0.25) is 0 Å². The summed E-state index contributed by atoms with van der Waals surface area (Å²) in [6.45, 7) is 4.99. The second-order valence-corrected chi connectivity index (χ2v) is 3.78. The summed E-state index contributed by atoms with van der Waals surface area (Å²) in [4.78, 5) is 28.8. The van der Waals surface area contributed by atoms with Crippen molar-refractivity contribution in [3.63, 3.8) is 0 Å². The maximum atomic E-state index is 11.9. The van der Waals surface area contributed by atoms with Crippen LogP contribution in [0.1, 0.15) is 19.7 Å². The standard InChI is InChI=1S/C10H12N4O2/c1-5-6(2)9(16)14(8(5)15)10-11-7(3)12-13(10)4/h1-4H3. The number of aromatic nitrogens is 3. The number of carbonyl (C=O) groups is 2. The van der Waals surface area contributed by atoms with Crippen molar-refractivity contribution in [2.24, 2.45) is 7.05 Å². The lowest BCUT2D eigenvalue weighted by molar-refractivity contribution is -0.120. The molecule has 0 fully saturated rings. The molecule has 1 aliphatic rings. The smallest absolute Gasteiger partial charge is 0.263 e. The van der Waals surface area contributed by atoms with Gasteiger partial charge in [0.05, 0.1) is 0 Å². The fourth-order valence-electron chi connectivity index (χ4n) is 1.63. The topological polar surface area (TPSA) is 68.1 Å². The zero-order chi connectivity index (χ0) is 12.0. The minimum atomic E-state index is -0.321. The molecule has 2 amide bonds. The Balaban J connectivity index is 2.50. The number of rotatable bonds is 1. The molecule has 0 spiro atoms. The molecule has 0 atom stereocenters. The van der Waals surface area contributed by atoms with E-state index in [0.717, 1.165) is 4.90 Å². The normalized spacial score (nSPS) is 16.6. The molecule has 1 aliphatic heterocycles. The van der Waals surface area contributed by atoms with Crippen molar-refractivity contribution in [2.75, 3.05) is 4.90 Å². The van der Waals surface area contributed by atoms with Crippen molar-refractivity contribution >= 4 is 17.8 Å². The molecule has 6 heteroatoms. The quantitative estimate of drug-likeness (QED) is 0.640. The Labute approximate surface area is 92.6 Å². The molecule has 0 N–H and O–H groups in total. The fourth-order valence-corrected chi connectivity index (χ4v) is 1.63. The molecule has 0 bridgehead atoms. The number of hydrogen-bond donors (Lipinski definition) is 0. The monoisotopic (exact) mass is 220 g/mol. The average molecular weight is 220 g/mol. The van der Waals surface area contributed by atoms with Gasteiger partial charge in [-0.25, -0.2) is 9.58 Å². The van der Waals surface area contributed by atoms with Gasteiger partial charge in [-0.3, -0.25) is 9.59 Å². The van der Waals surface area contributed by atoms with Crippen molar-refractivity contribution in [2.45, 2.75) is 20.8 Å². The Morgan fingerprint density at radius 3 is 1.88 bits per heavy atom. The Kier molecular flexibility index (Phi) is 2.15. The molecular formula is C10H12N4O2. The molecule has 2 rings (SSSR count). The van der Waals surface area contributed by atoms with Crippen molar-refractivity contribution in [1.82, 2.24) is 14.8 Å². The van der Waals surface area contributed by atoms with Gasteiger partial charge in [0.2, 0.25) is 5.95 Å². The lowest BCUT2D eigenvalue weighted by Gasteiger charge is -2.12. The Morgan fingerprint density at radius 2 is 1.50 bits per heavy atom. The van der Waals surface area contributed by atoms with Gasteiger partial charge < -0.3 is 0 Å². The molecule has 16 heavy (non-hydrogen) atoms. The predicted molar refractivity (Wildman–Crippen MR) is 56.6 cm³/mol.